The molecule has 0 aromatic rings. The Balaban J connectivity index is 4.09. The molecule has 0 bridgehead atoms. The van der Waals surface area contributed by atoms with Crippen LogP contribution in [0.4, 0.5) is 0 Å². The lowest BCUT2D eigenvalue weighted by Crippen LogP contribution is -2.30. The molecule has 6 nitrogen and oxygen atoms in total. The van der Waals surface area contributed by atoms with Crippen molar-refractivity contribution in [3.8, 4) is 0 Å². The van der Waals surface area contributed by atoms with Gasteiger partial charge in [0.25, 0.3) is 0 Å². The van der Waals surface area contributed by atoms with E-state index in [4.69, 9.17) is 14.2 Å². The molecule has 0 aromatic heterocycles. The van der Waals surface area contributed by atoms with Gasteiger partial charge in [0.1, 0.15) is 13.2 Å². The highest BCUT2D eigenvalue weighted by molar-refractivity contribution is 5.71. The van der Waals surface area contributed by atoms with Crippen LogP contribution in [0.25, 0.3) is 0 Å². The van der Waals surface area contributed by atoms with Gasteiger partial charge < -0.3 is 14.2 Å². The quantitative estimate of drug-likeness (QED) is 0.0261. The number of rotatable bonds is 59. The highest BCUT2D eigenvalue weighted by Gasteiger charge is 2.19. The lowest BCUT2D eigenvalue weighted by Gasteiger charge is -2.18. The smallest absolute Gasteiger partial charge is 0.306 e. The number of hydrogen-bond donors (Lipinski definition) is 0. The van der Waals surface area contributed by atoms with Crippen molar-refractivity contribution in [2.75, 3.05) is 13.2 Å². The molecule has 0 saturated carbocycles. The summed E-state index contributed by atoms with van der Waals surface area (Å²) in [5, 5.41) is 0. The van der Waals surface area contributed by atoms with E-state index in [1.165, 1.54) is 225 Å². The first-order valence-electron chi connectivity index (χ1n) is 32.1. The number of esters is 3. The van der Waals surface area contributed by atoms with E-state index in [0.717, 1.165) is 77.0 Å². The number of hydrogen-bond acceptors (Lipinski definition) is 6. The van der Waals surface area contributed by atoms with Gasteiger partial charge in [-0.3, -0.25) is 14.4 Å². The molecule has 6 heteroatoms. The Morgan fingerprint density at radius 2 is 0.493 bits per heavy atom. The molecule has 0 heterocycles. The van der Waals surface area contributed by atoms with Gasteiger partial charge in [-0.2, -0.15) is 0 Å². The van der Waals surface area contributed by atoms with Crippen LogP contribution in [0.3, 0.4) is 0 Å². The first kappa shape index (κ1) is 70.4. The fourth-order valence-electron chi connectivity index (χ4n) is 9.45. The molecule has 426 valence electrons. The van der Waals surface area contributed by atoms with Gasteiger partial charge in [0, 0.05) is 19.3 Å². The van der Waals surface area contributed by atoms with E-state index < -0.39 is 6.10 Å². The van der Waals surface area contributed by atoms with E-state index >= 15 is 0 Å². The topological polar surface area (TPSA) is 78.9 Å². The molecule has 0 N–H and O–H groups in total. The Labute approximate surface area is 454 Å². The first-order chi connectivity index (χ1) is 36.0. The van der Waals surface area contributed by atoms with Crippen LogP contribution in [0.15, 0.2) is 48.6 Å². The van der Waals surface area contributed by atoms with Gasteiger partial charge in [-0.1, -0.05) is 288 Å². The molecule has 0 amide bonds. The molecule has 0 aliphatic heterocycles. The average molecular weight is 1020 g/mol. The second kappa shape index (κ2) is 61.9. The number of ether oxygens (including phenoxy) is 3. The zero-order valence-corrected chi connectivity index (χ0v) is 48.9. The molecule has 0 radical (unpaired) electrons. The summed E-state index contributed by atoms with van der Waals surface area (Å²) in [6.45, 7) is 6.63. The fourth-order valence-corrected chi connectivity index (χ4v) is 9.45. The lowest BCUT2D eigenvalue weighted by atomic mass is 10.0. The number of carbonyl (C=O) groups is 3. The van der Waals surface area contributed by atoms with E-state index in [1.807, 2.05) is 0 Å². The van der Waals surface area contributed by atoms with Crippen molar-refractivity contribution in [1.82, 2.24) is 0 Å². The standard InChI is InChI=1S/C67H122O6/c1-4-7-10-13-16-19-22-25-26-27-28-29-30-31-32-33-34-35-36-37-38-39-40-41-42-43-46-48-51-54-57-60-66(69)72-63-64(73-67(70)61-58-55-52-49-45-24-21-18-15-12-9-6-3)62-71-65(68)59-56-53-50-47-44-23-20-17-14-11-8-5-2/h18,21-22,25,27-28,30-31,64H,4-17,19-20,23-24,26,29,32-63H2,1-3H3/b21-18-,25-22-,28-27-,31-30-. The van der Waals surface area contributed by atoms with Gasteiger partial charge >= 0.3 is 17.9 Å². The van der Waals surface area contributed by atoms with Crippen molar-refractivity contribution in [3.05, 3.63) is 48.6 Å². The molecule has 0 aliphatic rings. The predicted molar refractivity (Wildman–Crippen MR) is 316 cm³/mol. The van der Waals surface area contributed by atoms with Crippen molar-refractivity contribution >= 4 is 17.9 Å². The Hall–Kier alpha value is -2.63. The summed E-state index contributed by atoms with van der Waals surface area (Å²) in [6.07, 6.45) is 77.1. The van der Waals surface area contributed by atoms with Crippen LogP contribution in [0.2, 0.25) is 0 Å². The van der Waals surface area contributed by atoms with E-state index in [9.17, 15) is 14.4 Å². The summed E-state index contributed by atoms with van der Waals surface area (Å²) in [5.74, 6) is -0.864. The van der Waals surface area contributed by atoms with Gasteiger partial charge in [-0.25, -0.2) is 0 Å². The molecule has 0 spiro atoms. The highest BCUT2D eigenvalue weighted by Crippen LogP contribution is 2.17. The molecule has 0 saturated heterocycles. The Kier molecular flexibility index (Phi) is 59.7. The van der Waals surface area contributed by atoms with Crippen LogP contribution < -0.4 is 0 Å². The zero-order chi connectivity index (χ0) is 52.9. The lowest BCUT2D eigenvalue weighted by molar-refractivity contribution is -0.167. The van der Waals surface area contributed by atoms with E-state index in [2.05, 4.69) is 69.4 Å². The fraction of sp³-hybridized carbons (Fsp3) is 0.836. The van der Waals surface area contributed by atoms with Crippen molar-refractivity contribution in [2.24, 2.45) is 0 Å². The van der Waals surface area contributed by atoms with Crippen LogP contribution in [-0.2, 0) is 28.6 Å². The summed E-state index contributed by atoms with van der Waals surface area (Å²) in [4.78, 5) is 38.1. The van der Waals surface area contributed by atoms with Crippen molar-refractivity contribution in [2.45, 2.75) is 348 Å². The zero-order valence-electron chi connectivity index (χ0n) is 48.9. The predicted octanol–water partition coefficient (Wildman–Crippen LogP) is 21.8. The highest BCUT2D eigenvalue weighted by atomic mass is 16.6. The van der Waals surface area contributed by atoms with Gasteiger partial charge in [0.15, 0.2) is 6.10 Å². The summed E-state index contributed by atoms with van der Waals surface area (Å²) >= 11 is 0. The van der Waals surface area contributed by atoms with E-state index in [1.54, 1.807) is 0 Å². The molecule has 73 heavy (non-hydrogen) atoms. The second-order valence-electron chi connectivity index (χ2n) is 21.7. The van der Waals surface area contributed by atoms with Crippen molar-refractivity contribution in [1.29, 1.82) is 0 Å². The summed E-state index contributed by atoms with van der Waals surface area (Å²) in [7, 11) is 0. The number of allylic oxidation sites excluding steroid dienone is 8. The van der Waals surface area contributed by atoms with Gasteiger partial charge in [0.05, 0.1) is 0 Å². The normalized spacial score (nSPS) is 12.3. The third-order valence-electron chi connectivity index (χ3n) is 14.3. The molecule has 0 fully saturated rings. The van der Waals surface area contributed by atoms with E-state index in [0.29, 0.717) is 19.3 Å². The summed E-state index contributed by atoms with van der Waals surface area (Å²) in [5.41, 5.74) is 0. The number of carbonyl (C=O) groups excluding carboxylic acids is 3. The minimum Gasteiger partial charge on any atom is -0.462 e. The monoisotopic (exact) mass is 1020 g/mol. The Morgan fingerprint density at radius 3 is 0.808 bits per heavy atom. The number of unbranched alkanes of at least 4 members (excludes halogenated alkanes) is 40. The maximum atomic E-state index is 12.8. The SMILES string of the molecule is CCCCC/C=C\CCCCCCCC(=O)OC(COC(=O)CCCCCCCCCCCCCC)COC(=O)CCCCCCCCCCCCCCCCCC/C=C\C/C=C\C/C=C\CCCCCCC. The van der Waals surface area contributed by atoms with Crippen LogP contribution in [-0.4, -0.2) is 37.2 Å². The molecular weight excluding hydrogens is 901 g/mol. The van der Waals surface area contributed by atoms with Gasteiger partial charge in [-0.05, 0) is 83.5 Å². The van der Waals surface area contributed by atoms with Crippen LogP contribution in [0, 0.1) is 0 Å². The minimum absolute atomic E-state index is 0.0718. The first-order valence-corrected chi connectivity index (χ1v) is 32.1. The molecule has 1 atom stereocenters. The molecule has 1 unspecified atom stereocenters. The maximum Gasteiger partial charge on any atom is 0.306 e. The minimum atomic E-state index is -0.773. The summed E-state index contributed by atoms with van der Waals surface area (Å²) < 4.78 is 16.9. The largest absolute Gasteiger partial charge is 0.462 e. The molecule has 0 aliphatic carbocycles. The molecular formula is C67H122O6. The molecule has 0 rings (SSSR count). The van der Waals surface area contributed by atoms with Crippen molar-refractivity contribution < 1.29 is 28.6 Å². The van der Waals surface area contributed by atoms with Crippen molar-refractivity contribution in [3.63, 3.8) is 0 Å². The van der Waals surface area contributed by atoms with E-state index in [-0.39, 0.29) is 31.1 Å². The average Bonchev–Trinajstić information content (AvgIpc) is 3.39. The van der Waals surface area contributed by atoms with Gasteiger partial charge in [0.2, 0.25) is 0 Å². The third kappa shape index (κ3) is 60.1. The Bertz CT molecular complexity index is 1270. The van der Waals surface area contributed by atoms with Crippen LogP contribution in [0.5, 0.6) is 0 Å². The third-order valence-corrected chi connectivity index (χ3v) is 14.3. The van der Waals surface area contributed by atoms with Crippen LogP contribution in [0.1, 0.15) is 342 Å². The molecule has 0 aromatic carbocycles. The second-order valence-corrected chi connectivity index (χ2v) is 21.7. The summed E-state index contributed by atoms with van der Waals surface area (Å²) in [6, 6.07) is 0. The van der Waals surface area contributed by atoms with Gasteiger partial charge in [-0.15, -0.1) is 0 Å². The maximum absolute atomic E-state index is 12.8. The Morgan fingerprint density at radius 1 is 0.274 bits per heavy atom. The van der Waals surface area contributed by atoms with Crippen LogP contribution >= 0.6 is 0 Å².